The summed E-state index contributed by atoms with van der Waals surface area (Å²) in [7, 11) is -4.61. The molecule has 13 heteroatoms. The maximum atomic E-state index is 12.8. The third-order valence-electron chi connectivity index (χ3n) is 10.5. The standard InChI is InChI=1S/C47H82O12S/c1-3-5-7-9-11-13-15-17-19-20-22-23-25-27-29-31-33-35-42(48)56-37-40(38-57-47-46(52)45(51)44(50)41(59-47)39-60(53,54)55)58-43(49)36-34-32-30-28-26-24-21-18-16-14-12-10-8-6-4-2/h4,11,13,17,19,22-23,40-41,44-47,50-52H,2-3,5-10,12,14-16,18,20-21,24-39H2,1H3,(H,53,54,55)/b13-11+,19-17+,23-22+/t40-,41-,44-,45?,46?,47+/m1/s1. The van der Waals surface area contributed by atoms with Crippen molar-refractivity contribution in [2.24, 2.45) is 0 Å². The summed E-state index contributed by atoms with van der Waals surface area (Å²) >= 11 is 0. The average Bonchev–Trinajstić information content (AvgIpc) is 3.21. The molecule has 0 aromatic heterocycles. The highest BCUT2D eigenvalue weighted by atomic mass is 32.2. The normalized spacial score (nSPS) is 20.3. The van der Waals surface area contributed by atoms with Gasteiger partial charge in [0.15, 0.2) is 12.4 Å². The van der Waals surface area contributed by atoms with Gasteiger partial charge in [0.2, 0.25) is 0 Å². The maximum absolute atomic E-state index is 12.8. The van der Waals surface area contributed by atoms with E-state index < -0.39 is 71.2 Å². The minimum atomic E-state index is -4.61. The summed E-state index contributed by atoms with van der Waals surface area (Å²) in [5.74, 6) is -2.01. The van der Waals surface area contributed by atoms with Gasteiger partial charge < -0.3 is 34.3 Å². The van der Waals surface area contributed by atoms with Crippen LogP contribution in [0.4, 0.5) is 0 Å². The molecule has 1 aliphatic heterocycles. The molecule has 4 N–H and O–H groups in total. The van der Waals surface area contributed by atoms with E-state index in [0.717, 1.165) is 70.6 Å². The Kier molecular flexibility index (Phi) is 34.5. The second-order valence-corrected chi connectivity index (χ2v) is 17.6. The molecule has 1 heterocycles. The van der Waals surface area contributed by atoms with Gasteiger partial charge in [-0.05, 0) is 64.2 Å². The van der Waals surface area contributed by atoms with Crippen molar-refractivity contribution in [2.45, 2.75) is 217 Å². The minimum absolute atomic E-state index is 0.157. The molecule has 1 saturated heterocycles. The predicted molar refractivity (Wildman–Crippen MR) is 238 cm³/mol. The van der Waals surface area contributed by atoms with Gasteiger partial charge in [0.25, 0.3) is 10.1 Å². The van der Waals surface area contributed by atoms with Crippen molar-refractivity contribution in [3.8, 4) is 0 Å². The Labute approximate surface area is 363 Å². The predicted octanol–water partition coefficient (Wildman–Crippen LogP) is 9.56. The van der Waals surface area contributed by atoms with E-state index >= 15 is 0 Å². The van der Waals surface area contributed by atoms with E-state index in [9.17, 15) is 37.9 Å². The van der Waals surface area contributed by atoms with Gasteiger partial charge in [0, 0.05) is 12.8 Å². The van der Waals surface area contributed by atoms with Crippen LogP contribution in [0, 0.1) is 0 Å². The van der Waals surface area contributed by atoms with Crippen molar-refractivity contribution >= 4 is 22.1 Å². The van der Waals surface area contributed by atoms with Crippen molar-refractivity contribution in [3.05, 3.63) is 49.1 Å². The number of carbonyl (C=O) groups is 2. The molecule has 348 valence electrons. The average molecular weight is 871 g/mol. The van der Waals surface area contributed by atoms with Crippen LogP contribution in [0.15, 0.2) is 49.1 Å². The van der Waals surface area contributed by atoms with Gasteiger partial charge in [-0.1, -0.05) is 146 Å². The summed E-state index contributed by atoms with van der Waals surface area (Å²) < 4.78 is 54.1. The second-order valence-electron chi connectivity index (χ2n) is 16.1. The summed E-state index contributed by atoms with van der Waals surface area (Å²) in [5.41, 5.74) is 0. The molecule has 1 aliphatic rings. The zero-order valence-corrected chi connectivity index (χ0v) is 37.7. The third kappa shape index (κ3) is 31.5. The smallest absolute Gasteiger partial charge is 0.306 e. The lowest BCUT2D eigenvalue weighted by Crippen LogP contribution is -2.60. The number of hydrogen-bond acceptors (Lipinski definition) is 11. The van der Waals surface area contributed by atoms with Gasteiger partial charge in [-0.2, -0.15) is 8.42 Å². The highest BCUT2D eigenvalue weighted by molar-refractivity contribution is 7.85. The van der Waals surface area contributed by atoms with E-state index in [1.165, 1.54) is 77.0 Å². The highest BCUT2D eigenvalue weighted by Crippen LogP contribution is 2.24. The van der Waals surface area contributed by atoms with Crippen LogP contribution in [0.1, 0.15) is 180 Å². The first-order valence-corrected chi connectivity index (χ1v) is 24.8. The van der Waals surface area contributed by atoms with Gasteiger partial charge in [0.05, 0.1) is 6.61 Å². The first-order chi connectivity index (χ1) is 29.0. The first kappa shape index (κ1) is 55.6. The Hall–Kier alpha value is -2.39. The van der Waals surface area contributed by atoms with Crippen molar-refractivity contribution in [3.63, 3.8) is 0 Å². The molecule has 0 amide bonds. The number of aliphatic hydroxyl groups excluding tert-OH is 3. The molecule has 0 aromatic carbocycles. The number of esters is 2. The quantitative estimate of drug-likeness (QED) is 0.0199. The largest absolute Gasteiger partial charge is 0.462 e. The van der Waals surface area contributed by atoms with E-state index in [2.05, 4.69) is 50.0 Å². The van der Waals surface area contributed by atoms with Gasteiger partial charge in [0.1, 0.15) is 36.8 Å². The lowest BCUT2D eigenvalue weighted by atomic mass is 10.00. The fourth-order valence-corrected chi connectivity index (χ4v) is 7.59. The van der Waals surface area contributed by atoms with E-state index in [1.54, 1.807) is 0 Å². The second kappa shape index (κ2) is 37.2. The Morgan fingerprint density at radius 3 is 1.60 bits per heavy atom. The monoisotopic (exact) mass is 871 g/mol. The first-order valence-electron chi connectivity index (χ1n) is 23.2. The summed E-state index contributed by atoms with van der Waals surface area (Å²) in [6.45, 7) is 5.24. The summed E-state index contributed by atoms with van der Waals surface area (Å²) in [6, 6.07) is 0. The molecule has 60 heavy (non-hydrogen) atoms. The minimum Gasteiger partial charge on any atom is -0.462 e. The molecule has 0 radical (unpaired) electrons. The van der Waals surface area contributed by atoms with Gasteiger partial charge in [-0.15, -0.1) is 6.58 Å². The SMILES string of the molecule is C=CCCCCCCCCCCCCCCCC(=O)O[C@H](COC(=O)CCCCCC/C=C/C/C=C/C/C=C/CCCCC)CO[C@H]1O[C@H](CS(=O)(=O)O)[C@@H](O)C(O)C1O. The molecular formula is C47H82O12S. The van der Waals surface area contributed by atoms with Gasteiger partial charge in [-0.25, -0.2) is 0 Å². The number of ether oxygens (including phenoxy) is 4. The van der Waals surface area contributed by atoms with E-state index in [1.807, 2.05) is 6.08 Å². The van der Waals surface area contributed by atoms with Crippen LogP contribution < -0.4 is 0 Å². The molecule has 1 fully saturated rings. The molecule has 0 bridgehead atoms. The Balaban J connectivity index is 2.44. The molecule has 0 saturated carbocycles. The molecule has 1 rings (SSSR count). The topological polar surface area (TPSA) is 186 Å². The van der Waals surface area contributed by atoms with Crippen LogP contribution >= 0.6 is 0 Å². The molecule has 12 nitrogen and oxygen atoms in total. The van der Waals surface area contributed by atoms with Crippen LogP contribution in [0.3, 0.4) is 0 Å². The van der Waals surface area contributed by atoms with E-state index in [-0.39, 0.29) is 19.4 Å². The number of aliphatic hydroxyl groups is 3. The van der Waals surface area contributed by atoms with Crippen molar-refractivity contribution in [1.82, 2.24) is 0 Å². The van der Waals surface area contributed by atoms with Gasteiger partial charge >= 0.3 is 11.9 Å². The number of carbonyl (C=O) groups excluding carboxylic acids is 2. The number of rotatable bonds is 39. The van der Waals surface area contributed by atoms with Crippen LogP contribution in [0.2, 0.25) is 0 Å². The molecule has 2 unspecified atom stereocenters. The number of unbranched alkanes of at least 4 members (excludes halogenated alkanes) is 20. The molecule has 0 aliphatic carbocycles. The lowest BCUT2D eigenvalue weighted by molar-refractivity contribution is -0.297. The van der Waals surface area contributed by atoms with Crippen LogP contribution in [0.25, 0.3) is 0 Å². The van der Waals surface area contributed by atoms with Gasteiger partial charge in [-0.3, -0.25) is 14.1 Å². The van der Waals surface area contributed by atoms with Crippen LogP contribution in [-0.4, -0.2) is 96.0 Å². The van der Waals surface area contributed by atoms with E-state index in [0.29, 0.717) is 12.8 Å². The maximum Gasteiger partial charge on any atom is 0.306 e. The van der Waals surface area contributed by atoms with Crippen molar-refractivity contribution in [1.29, 1.82) is 0 Å². The van der Waals surface area contributed by atoms with Crippen LogP contribution in [-0.2, 0) is 38.7 Å². The third-order valence-corrected chi connectivity index (χ3v) is 11.3. The summed E-state index contributed by atoms with van der Waals surface area (Å²) in [6.07, 6.45) is 33.3. The molecule has 0 spiro atoms. The lowest BCUT2D eigenvalue weighted by Gasteiger charge is -2.40. The summed E-state index contributed by atoms with van der Waals surface area (Å²) in [4.78, 5) is 25.4. The fraction of sp³-hybridized carbons (Fsp3) is 0.787. The highest BCUT2D eigenvalue weighted by Gasteiger charge is 2.46. The van der Waals surface area contributed by atoms with Crippen molar-refractivity contribution in [2.75, 3.05) is 19.0 Å². The van der Waals surface area contributed by atoms with Crippen molar-refractivity contribution < 1.29 is 56.8 Å². The van der Waals surface area contributed by atoms with Crippen LogP contribution in [0.5, 0.6) is 0 Å². The molecule has 0 aromatic rings. The Bertz CT molecular complexity index is 1280. The zero-order valence-electron chi connectivity index (χ0n) is 36.9. The fourth-order valence-electron chi connectivity index (χ4n) is 6.90. The van der Waals surface area contributed by atoms with E-state index in [4.69, 9.17) is 18.9 Å². The summed E-state index contributed by atoms with van der Waals surface area (Å²) in [5, 5.41) is 30.9. The Morgan fingerprint density at radius 1 is 0.617 bits per heavy atom. The number of allylic oxidation sites excluding steroid dienone is 7. The molecular weight excluding hydrogens is 789 g/mol. The Morgan fingerprint density at radius 2 is 1.08 bits per heavy atom. The zero-order chi connectivity index (χ0) is 44.1. The molecule has 6 atom stereocenters. The number of hydrogen-bond donors (Lipinski definition) is 4.